The second kappa shape index (κ2) is 6.47. The van der Waals surface area contributed by atoms with Crippen molar-refractivity contribution in [1.29, 1.82) is 0 Å². The monoisotopic (exact) mass is 315 g/mol. The standard InChI is InChI=1S/C21H34N2/c1-15-11-9-10-14-18(15)23-16(2)19(17-12-7-6-8-13-17)22-20(23)21(3,4)5/h9-11,14,16-17,19-20,22H,6-8,12-13H2,1-5H3/t16-,19?,20?/m0/s1/i/hD. The van der Waals surface area contributed by atoms with Gasteiger partial charge < -0.3 is 4.90 Å². The van der Waals surface area contributed by atoms with Crippen LogP contribution in [0.3, 0.4) is 0 Å². The Hall–Kier alpha value is -1.02. The Balaban J connectivity index is 2.00. The van der Waals surface area contributed by atoms with Gasteiger partial charge in [-0.15, -0.1) is 0 Å². The third-order valence-corrected chi connectivity index (χ3v) is 5.81. The summed E-state index contributed by atoms with van der Waals surface area (Å²) in [6.45, 7) is 11.4. The number of hydrogen-bond acceptors (Lipinski definition) is 2. The minimum atomic E-state index is 0.0434. The van der Waals surface area contributed by atoms with E-state index < -0.39 is 0 Å². The quantitative estimate of drug-likeness (QED) is 0.815. The fourth-order valence-electron chi connectivity index (χ4n) is 4.58. The first-order chi connectivity index (χ1) is 11.3. The largest absolute Gasteiger partial charge is 0.351 e. The van der Waals surface area contributed by atoms with Crippen LogP contribution in [0, 0.1) is 18.3 Å². The lowest BCUT2D eigenvalue weighted by Gasteiger charge is -2.39. The van der Waals surface area contributed by atoms with Gasteiger partial charge in [0.15, 0.2) is 0 Å². The first-order valence-electron chi connectivity index (χ1n) is 9.88. The molecule has 0 amide bonds. The summed E-state index contributed by atoms with van der Waals surface area (Å²) in [6.07, 6.45) is 6.77. The van der Waals surface area contributed by atoms with Gasteiger partial charge in [-0.25, -0.2) is 0 Å². The summed E-state index contributed by atoms with van der Waals surface area (Å²) >= 11 is 0. The Morgan fingerprint density at radius 3 is 2.39 bits per heavy atom. The van der Waals surface area contributed by atoms with Crippen molar-refractivity contribution in [1.82, 2.24) is 5.31 Å². The minimum Gasteiger partial charge on any atom is -0.351 e. The highest BCUT2D eigenvalue weighted by molar-refractivity contribution is 5.56. The molecule has 3 rings (SSSR count). The third kappa shape index (κ3) is 3.28. The van der Waals surface area contributed by atoms with Crippen molar-refractivity contribution >= 4 is 5.69 Å². The molecule has 0 aromatic heterocycles. The maximum absolute atomic E-state index is 9.01. The van der Waals surface area contributed by atoms with Gasteiger partial charge in [0.25, 0.3) is 0 Å². The first kappa shape index (κ1) is 15.5. The van der Waals surface area contributed by atoms with Crippen LogP contribution in [0.2, 0.25) is 1.41 Å². The molecular weight excluding hydrogens is 280 g/mol. The molecule has 1 aromatic carbocycles. The molecule has 1 aliphatic carbocycles. The average Bonchev–Trinajstić information content (AvgIpc) is 2.79. The molecule has 1 aliphatic heterocycles. The van der Waals surface area contributed by atoms with E-state index in [-0.39, 0.29) is 11.6 Å². The number of benzene rings is 1. The molecule has 0 radical (unpaired) electrons. The molecule has 2 unspecified atom stereocenters. The van der Waals surface area contributed by atoms with Gasteiger partial charge in [-0.05, 0) is 49.7 Å². The zero-order valence-electron chi connectivity index (χ0n) is 16.5. The van der Waals surface area contributed by atoms with Crippen LogP contribution in [0.15, 0.2) is 24.3 Å². The summed E-state index contributed by atoms with van der Waals surface area (Å²) in [5, 5.41) is 1.97. The lowest BCUT2D eigenvalue weighted by Crippen LogP contribution is -2.48. The van der Waals surface area contributed by atoms with Crippen molar-refractivity contribution in [2.24, 2.45) is 11.3 Å². The molecule has 0 spiro atoms. The van der Waals surface area contributed by atoms with Crippen molar-refractivity contribution < 1.29 is 1.41 Å². The van der Waals surface area contributed by atoms with Gasteiger partial charge in [-0.2, -0.15) is 0 Å². The fraction of sp³-hybridized carbons (Fsp3) is 0.714. The van der Waals surface area contributed by atoms with Crippen molar-refractivity contribution in [3.63, 3.8) is 0 Å². The van der Waals surface area contributed by atoms with Gasteiger partial charge in [-0.3, -0.25) is 5.31 Å². The second-order valence-corrected chi connectivity index (χ2v) is 8.71. The molecule has 1 N–H and O–H groups in total. The van der Waals surface area contributed by atoms with Crippen LogP contribution >= 0.6 is 0 Å². The summed E-state index contributed by atoms with van der Waals surface area (Å²) in [6, 6.07) is 9.41. The SMILES string of the molecule is [2H]N1C(C2CCCCC2)[C@H](C)N(c2ccccc2C)C1C(C)(C)C. The minimum absolute atomic E-state index is 0.0434. The number of anilines is 1. The Bertz CT molecular complexity index is 559. The molecule has 23 heavy (non-hydrogen) atoms. The highest BCUT2D eigenvalue weighted by atomic mass is 15.4. The summed E-state index contributed by atoms with van der Waals surface area (Å²) in [7, 11) is 0. The Morgan fingerprint density at radius 2 is 1.78 bits per heavy atom. The summed E-state index contributed by atoms with van der Waals surface area (Å²) in [5.74, 6) is 0.671. The third-order valence-electron chi connectivity index (χ3n) is 5.81. The Kier molecular flexibility index (Phi) is 4.36. The van der Waals surface area contributed by atoms with E-state index in [0.717, 1.165) is 0 Å². The number of nitrogens with zero attached hydrogens (tertiary/aromatic N) is 1. The maximum Gasteiger partial charge on any atom is 0.125 e. The van der Waals surface area contributed by atoms with Crippen LogP contribution in [0.1, 0.15) is 65.4 Å². The lowest BCUT2D eigenvalue weighted by molar-refractivity contribution is 0.242. The molecule has 3 atom stereocenters. The van der Waals surface area contributed by atoms with Crippen LogP contribution < -0.4 is 10.2 Å². The molecule has 1 heterocycles. The van der Waals surface area contributed by atoms with Crippen LogP contribution in [0.25, 0.3) is 0 Å². The van der Waals surface area contributed by atoms with E-state index in [1.54, 1.807) is 0 Å². The van der Waals surface area contributed by atoms with E-state index in [0.29, 0.717) is 18.0 Å². The predicted molar refractivity (Wildman–Crippen MR) is 99.9 cm³/mol. The number of para-hydroxylation sites is 1. The molecule has 128 valence electrons. The molecule has 0 bridgehead atoms. The highest BCUT2D eigenvalue weighted by Crippen LogP contribution is 2.40. The highest BCUT2D eigenvalue weighted by Gasteiger charge is 2.46. The molecule has 1 aromatic rings. The Morgan fingerprint density at radius 1 is 1.13 bits per heavy atom. The Labute approximate surface area is 144 Å². The van der Waals surface area contributed by atoms with Gasteiger partial charge >= 0.3 is 0 Å². The smallest absolute Gasteiger partial charge is 0.125 e. The first-order valence-corrected chi connectivity index (χ1v) is 9.43. The average molecular weight is 316 g/mol. The fourth-order valence-corrected chi connectivity index (χ4v) is 4.58. The van der Waals surface area contributed by atoms with E-state index in [9.17, 15) is 0 Å². The molecule has 2 fully saturated rings. The topological polar surface area (TPSA) is 15.3 Å². The van der Waals surface area contributed by atoms with E-state index in [1.807, 2.05) is 5.31 Å². The van der Waals surface area contributed by atoms with Gasteiger partial charge in [0, 0.05) is 17.8 Å². The van der Waals surface area contributed by atoms with Crippen LogP contribution in [0.4, 0.5) is 5.69 Å². The van der Waals surface area contributed by atoms with Crippen molar-refractivity contribution in [3.8, 4) is 0 Å². The molecule has 2 aliphatic rings. The van der Waals surface area contributed by atoms with Crippen molar-refractivity contribution in [2.75, 3.05) is 4.90 Å². The second-order valence-electron chi connectivity index (χ2n) is 8.71. The normalized spacial score (nSPS) is 31.4. The number of hydrogen-bond donors (Lipinski definition) is 1. The number of rotatable bonds is 2. The predicted octanol–water partition coefficient (Wildman–Crippen LogP) is 5.11. The zero-order valence-corrected chi connectivity index (χ0v) is 15.5. The van der Waals surface area contributed by atoms with Crippen LogP contribution in [0.5, 0.6) is 0 Å². The summed E-state index contributed by atoms with van der Waals surface area (Å²) in [5.41, 5.74) is 2.67. The molecule has 1 saturated carbocycles. The number of nitrogens with one attached hydrogen (secondary N) is 1. The molecule has 1 saturated heterocycles. The van der Waals surface area contributed by atoms with Crippen LogP contribution in [-0.4, -0.2) is 18.2 Å². The lowest BCUT2D eigenvalue weighted by atomic mass is 9.81. The maximum atomic E-state index is 9.01. The molecule has 2 heteroatoms. The van der Waals surface area contributed by atoms with Gasteiger partial charge in [0.2, 0.25) is 0 Å². The van der Waals surface area contributed by atoms with E-state index >= 15 is 0 Å². The van der Waals surface area contributed by atoms with Gasteiger partial charge in [-0.1, -0.05) is 58.2 Å². The molecule has 2 nitrogen and oxygen atoms in total. The van der Waals surface area contributed by atoms with E-state index in [1.165, 1.54) is 43.4 Å². The van der Waals surface area contributed by atoms with Gasteiger partial charge in [0.05, 0.1) is 6.17 Å². The van der Waals surface area contributed by atoms with Crippen LogP contribution in [-0.2, 0) is 0 Å². The van der Waals surface area contributed by atoms with Crippen molar-refractivity contribution in [2.45, 2.75) is 85.0 Å². The van der Waals surface area contributed by atoms with E-state index in [2.05, 4.69) is 63.8 Å². The summed E-state index contributed by atoms with van der Waals surface area (Å²) in [4.78, 5) is 2.54. The van der Waals surface area contributed by atoms with Crippen molar-refractivity contribution in [3.05, 3.63) is 29.8 Å². The molecular formula is C21H34N2. The zero-order chi connectivity index (χ0) is 17.5. The van der Waals surface area contributed by atoms with E-state index in [4.69, 9.17) is 1.41 Å². The summed E-state index contributed by atoms with van der Waals surface area (Å²) < 4.78 is 9.01. The number of aryl methyl sites for hydroxylation is 1. The van der Waals surface area contributed by atoms with Gasteiger partial charge in [0.1, 0.15) is 1.41 Å².